The van der Waals surface area contributed by atoms with E-state index in [0.29, 0.717) is 5.65 Å². The quantitative estimate of drug-likeness (QED) is 0.824. The van der Waals surface area contributed by atoms with Crippen LogP contribution >= 0.6 is 0 Å². The van der Waals surface area contributed by atoms with Crippen LogP contribution in [0.25, 0.3) is 11.2 Å². The van der Waals surface area contributed by atoms with Crippen molar-refractivity contribution in [2.24, 2.45) is 5.92 Å². The second-order valence-electron chi connectivity index (χ2n) is 4.94. The van der Waals surface area contributed by atoms with Crippen molar-refractivity contribution < 1.29 is 0 Å². The Morgan fingerprint density at radius 1 is 1.31 bits per heavy atom. The second kappa shape index (κ2) is 3.17. The first-order chi connectivity index (χ1) is 7.67. The molecule has 0 bridgehead atoms. The number of hydrogen-bond donors (Lipinski definition) is 2. The van der Waals surface area contributed by atoms with Gasteiger partial charge < -0.3 is 10.3 Å². The summed E-state index contributed by atoms with van der Waals surface area (Å²) in [6.45, 7) is 4.43. The highest BCUT2D eigenvalue weighted by atomic mass is 15.1. The summed E-state index contributed by atoms with van der Waals surface area (Å²) in [5.41, 5.74) is 1.69. The molecule has 0 saturated heterocycles. The molecule has 1 aliphatic carbocycles. The van der Waals surface area contributed by atoms with Gasteiger partial charge in [-0.15, -0.1) is 0 Å². The van der Waals surface area contributed by atoms with Gasteiger partial charge in [-0.2, -0.15) is 0 Å². The third kappa shape index (κ3) is 1.52. The van der Waals surface area contributed by atoms with E-state index in [2.05, 4.69) is 39.1 Å². The van der Waals surface area contributed by atoms with E-state index >= 15 is 0 Å². The maximum Gasteiger partial charge on any atom is 0.182 e. The number of nitrogens with zero attached hydrogens (tertiary/aromatic N) is 3. The van der Waals surface area contributed by atoms with Crippen molar-refractivity contribution in [1.29, 1.82) is 0 Å². The molecule has 2 aromatic heterocycles. The fourth-order valence-corrected chi connectivity index (χ4v) is 2.07. The molecule has 1 aliphatic rings. The summed E-state index contributed by atoms with van der Waals surface area (Å²) < 4.78 is 0. The monoisotopic (exact) mass is 217 g/mol. The molecule has 0 aliphatic heterocycles. The smallest absolute Gasteiger partial charge is 0.182 e. The summed E-state index contributed by atoms with van der Waals surface area (Å²) in [4.78, 5) is 15.6. The van der Waals surface area contributed by atoms with Gasteiger partial charge in [0.15, 0.2) is 11.5 Å². The third-order valence-corrected chi connectivity index (χ3v) is 3.26. The first-order valence-corrected chi connectivity index (χ1v) is 5.59. The number of rotatable bonds is 3. The number of fused-ring (bicyclic) bond motifs is 1. The average Bonchev–Trinajstić information content (AvgIpc) is 2.98. The fraction of sp³-hybridized carbons (Fsp3) is 0.545. The van der Waals surface area contributed by atoms with Gasteiger partial charge in [0.25, 0.3) is 0 Å². The minimum Gasteiger partial charge on any atom is -0.363 e. The Morgan fingerprint density at radius 3 is 2.88 bits per heavy atom. The molecule has 0 aromatic carbocycles. The number of anilines is 1. The van der Waals surface area contributed by atoms with Gasteiger partial charge in [-0.3, -0.25) is 0 Å². The lowest BCUT2D eigenvalue weighted by atomic mass is 9.99. The summed E-state index contributed by atoms with van der Waals surface area (Å²) in [7, 11) is 0. The van der Waals surface area contributed by atoms with Gasteiger partial charge in [-0.05, 0) is 32.6 Å². The standard InChI is InChI=1S/C11H15N5/c1-11(2,7-3-4-7)16-10-8-9(13-5-12-8)14-6-15-10/h5-7H,3-4H2,1-2H3,(H2,12,13,14,15,16). The molecule has 2 N–H and O–H groups in total. The average molecular weight is 217 g/mol. The second-order valence-corrected chi connectivity index (χ2v) is 4.94. The third-order valence-electron chi connectivity index (χ3n) is 3.26. The van der Waals surface area contributed by atoms with Gasteiger partial charge in [-0.25, -0.2) is 15.0 Å². The van der Waals surface area contributed by atoms with Crippen LogP contribution in [0.4, 0.5) is 5.82 Å². The number of imidazole rings is 1. The zero-order valence-corrected chi connectivity index (χ0v) is 9.49. The molecule has 2 aromatic rings. The topological polar surface area (TPSA) is 66.5 Å². The van der Waals surface area contributed by atoms with Gasteiger partial charge >= 0.3 is 0 Å². The molecular formula is C11H15N5. The van der Waals surface area contributed by atoms with E-state index in [4.69, 9.17) is 0 Å². The van der Waals surface area contributed by atoms with E-state index < -0.39 is 0 Å². The fourth-order valence-electron chi connectivity index (χ4n) is 2.07. The highest BCUT2D eigenvalue weighted by Crippen LogP contribution is 2.41. The summed E-state index contributed by atoms with van der Waals surface area (Å²) in [5, 5.41) is 3.49. The van der Waals surface area contributed by atoms with Gasteiger partial charge in [0.2, 0.25) is 0 Å². The molecule has 0 amide bonds. The van der Waals surface area contributed by atoms with Crippen LogP contribution in [-0.2, 0) is 0 Å². The Bertz CT molecular complexity index is 512. The maximum absolute atomic E-state index is 4.28. The molecule has 5 nitrogen and oxygen atoms in total. The van der Waals surface area contributed by atoms with E-state index in [1.807, 2.05) is 0 Å². The van der Waals surface area contributed by atoms with E-state index in [1.165, 1.54) is 12.8 Å². The highest BCUT2D eigenvalue weighted by molar-refractivity contribution is 5.82. The first kappa shape index (κ1) is 9.57. The van der Waals surface area contributed by atoms with Gasteiger partial charge in [0, 0.05) is 5.54 Å². The Kier molecular flexibility index (Phi) is 1.89. The van der Waals surface area contributed by atoms with Crippen molar-refractivity contribution in [2.45, 2.75) is 32.2 Å². The van der Waals surface area contributed by atoms with E-state index in [1.54, 1.807) is 12.7 Å². The summed E-state index contributed by atoms with van der Waals surface area (Å²) >= 11 is 0. The van der Waals surface area contributed by atoms with Crippen LogP contribution < -0.4 is 5.32 Å². The van der Waals surface area contributed by atoms with E-state index in [9.17, 15) is 0 Å². The predicted molar refractivity (Wildman–Crippen MR) is 62.1 cm³/mol. The van der Waals surface area contributed by atoms with Crippen molar-refractivity contribution in [3.8, 4) is 0 Å². The van der Waals surface area contributed by atoms with Crippen molar-refractivity contribution in [3.05, 3.63) is 12.7 Å². The molecule has 1 saturated carbocycles. The summed E-state index contributed by atoms with van der Waals surface area (Å²) in [6.07, 6.45) is 5.80. The first-order valence-electron chi connectivity index (χ1n) is 5.59. The number of aromatic nitrogens is 4. The Morgan fingerprint density at radius 2 is 2.12 bits per heavy atom. The highest BCUT2D eigenvalue weighted by Gasteiger charge is 2.38. The normalized spacial score (nSPS) is 16.6. The van der Waals surface area contributed by atoms with Crippen LogP contribution in [0.3, 0.4) is 0 Å². The molecule has 0 atom stereocenters. The van der Waals surface area contributed by atoms with Crippen molar-refractivity contribution in [3.63, 3.8) is 0 Å². The number of H-pyrrole nitrogens is 1. The SMILES string of the molecule is CC(C)(Nc1ncnc2nc[nH]c12)C1CC1. The predicted octanol–water partition coefficient (Wildman–Crippen LogP) is 1.95. The molecule has 16 heavy (non-hydrogen) atoms. The Hall–Kier alpha value is -1.65. The minimum absolute atomic E-state index is 0.0897. The van der Waals surface area contributed by atoms with Crippen LogP contribution in [0.2, 0.25) is 0 Å². The minimum atomic E-state index is 0.0897. The van der Waals surface area contributed by atoms with Crippen LogP contribution in [0.5, 0.6) is 0 Å². The lowest BCUT2D eigenvalue weighted by molar-refractivity contribution is 0.493. The van der Waals surface area contributed by atoms with E-state index in [0.717, 1.165) is 17.3 Å². The summed E-state index contributed by atoms with van der Waals surface area (Å²) in [5.74, 6) is 1.60. The molecule has 2 heterocycles. The van der Waals surface area contributed by atoms with Crippen molar-refractivity contribution in [2.75, 3.05) is 5.32 Å². The van der Waals surface area contributed by atoms with Crippen LogP contribution in [0, 0.1) is 5.92 Å². The zero-order chi connectivity index (χ0) is 11.2. The maximum atomic E-state index is 4.28. The van der Waals surface area contributed by atoms with Crippen LogP contribution in [0.1, 0.15) is 26.7 Å². The number of hydrogen-bond acceptors (Lipinski definition) is 4. The molecular weight excluding hydrogens is 202 g/mol. The Labute approximate surface area is 93.7 Å². The van der Waals surface area contributed by atoms with Crippen LogP contribution in [0.15, 0.2) is 12.7 Å². The molecule has 1 fully saturated rings. The van der Waals surface area contributed by atoms with Crippen molar-refractivity contribution in [1.82, 2.24) is 19.9 Å². The van der Waals surface area contributed by atoms with Crippen LogP contribution in [-0.4, -0.2) is 25.5 Å². The lowest BCUT2D eigenvalue weighted by Gasteiger charge is -2.26. The Balaban J connectivity index is 1.96. The number of aromatic amines is 1. The molecule has 0 spiro atoms. The van der Waals surface area contributed by atoms with Gasteiger partial charge in [-0.1, -0.05) is 0 Å². The molecule has 5 heteroatoms. The van der Waals surface area contributed by atoms with Gasteiger partial charge in [0.1, 0.15) is 11.8 Å². The molecule has 84 valence electrons. The van der Waals surface area contributed by atoms with E-state index in [-0.39, 0.29) is 5.54 Å². The molecule has 3 rings (SSSR count). The lowest BCUT2D eigenvalue weighted by Crippen LogP contribution is -2.33. The van der Waals surface area contributed by atoms with Gasteiger partial charge in [0.05, 0.1) is 6.33 Å². The molecule has 0 unspecified atom stereocenters. The zero-order valence-electron chi connectivity index (χ0n) is 9.49. The van der Waals surface area contributed by atoms with Crippen molar-refractivity contribution >= 4 is 17.0 Å². The summed E-state index contributed by atoms with van der Waals surface area (Å²) in [6, 6.07) is 0. The molecule has 0 radical (unpaired) electrons. The number of nitrogens with one attached hydrogen (secondary N) is 2. The largest absolute Gasteiger partial charge is 0.363 e.